The molecule has 0 saturated heterocycles. The first kappa shape index (κ1) is 15.2. The first-order valence-electron chi connectivity index (χ1n) is 6.73. The van der Waals surface area contributed by atoms with Crippen LogP contribution in [0.2, 0.25) is 0 Å². The molecule has 0 radical (unpaired) electrons. The van der Waals surface area contributed by atoms with Crippen molar-refractivity contribution in [3.05, 3.63) is 51.5 Å². The monoisotopic (exact) mass is 339 g/mol. The molecule has 1 heterocycles. The Morgan fingerprint density at radius 1 is 1.45 bits per heavy atom. The maximum atomic E-state index is 13.4. The molecule has 1 unspecified atom stereocenters. The number of aromatic nitrogens is 2. The van der Waals surface area contributed by atoms with Gasteiger partial charge in [-0.2, -0.15) is 5.10 Å². The Kier molecular flexibility index (Phi) is 4.94. The highest BCUT2D eigenvalue weighted by atomic mass is 79.9. The number of halogens is 2. The Morgan fingerprint density at radius 3 is 2.80 bits per heavy atom. The van der Waals surface area contributed by atoms with Crippen LogP contribution in [-0.2, 0) is 6.54 Å². The van der Waals surface area contributed by atoms with Crippen molar-refractivity contribution < 1.29 is 4.39 Å². The molecule has 2 rings (SSSR count). The summed E-state index contributed by atoms with van der Waals surface area (Å²) in [6, 6.07) is 5.20. The van der Waals surface area contributed by atoms with Crippen molar-refractivity contribution in [2.24, 2.45) is 0 Å². The van der Waals surface area contributed by atoms with Crippen LogP contribution < -0.4 is 5.32 Å². The Bertz CT molecular complexity index is 595. The van der Waals surface area contributed by atoms with Gasteiger partial charge in [-0.05, 0) is 53.5 Å². The maximum absolute atomic E-state index is 13.4. The first-order chi connectivity index (χ1) is 9.58. The van der Waals surface area contributed by atoms with Gasteiger partial charge in [-0.3, -0.25) is 4.68 Å². The van der Waals surface area contributed by atoms with Gasteiger partial charge in [0.1, 0.15) is 5.82 Å². The zero-order valence-electron chi connectivity index (χ0n) is 12.0. The van der Waals surface area contributed by atoms with E-state index in [4.69, 9.17) is 0 Å². The second-order valence-corrected chi connectivity index (χ2v) is 5.69. The number of hydrogen-bond acceptors (Lipinski definition) is 2. The van der Waals surface area contributed by atoms with Gasteiger partial charge in [0.2, 0.25) is 0 Å². The largest absolute Gasteiger partial charge is 0.308 e. The Morgan fingerprint density at radius 2 is 2.20 bits per heavy atom. The van der Waals surface area contributed by atoms with E-state index in [2.05, 4.69) is 33.3 Å². The van der Waals surface area contributed by atoms with Gasteiger partial charge in [-0.1, -0.05) is 19.1 Å². The minimum Gasteiger partial charge on any atom is -0.308 e. The van der Waals surface area contributed by atoms with Gasteiger partial charge in [0.15, 0.2) is 0 Å². The minimum atomic E-state index is -0.176. The quantitative estimate of drug-likeness (QED) is 0.897. The second kappa shape index (κ2) is 6.50. The van der Waals surface area contributed by atoms with Crippen LogP contribution in [0.25, 0.3) is 0 Å². The number of hydrogen-bond donors (Lipinski definition) is 1. The lowest BCUT2D eigenvalue weighted by molar-refractivity contribution is 0.532. The van der Waals surface area contributed by atoms with Crippen molar-refractivity contribution in [2.45, 2.75) is 32.9 Å². The van der Waals surface area contributed by atoms with Crippen molar-refractivity contribution >= 4 is 15.9 Å². The van der Waals surface area contributed by atoms with Gasteiger partial charge in [0.05, 0.1) is 22.4 Å². The molecule has 0 amide bonds. The van der Waals surface area contributed by atoms with Crippen LogP contribution in [0.15, 0.2) is 28.9 Å². The number of rotatable bonds is 5. The van der Waals surface area contributed by atoms with Gasteiger partial charge in [0.25, 0.3) is 0 Å². The maximum Gasteiger partial charge on any atom is 0.126 e. The fraction of sp³-hybridized carbons (Fsp3) is 0.400. The number of nitrogens with zero attached hydrogens (tertiary/aromatic N) is 2. The molecule has 108 valence electrons. The van der Waals surface area contributed by atoms with E-state index in [-0.39, 0.29) is 11.9 Å². The Labute approximate surface area is 127 Å². The van der Waals surface area contributed by atoms with Gasteiger partial charge < -0.3 is 5.32 Å². The molecular formula is C15H19BrFN3. The third-order valence-corrected chi connectivity index (χ3v) is 3.96. The average molecular weight is 340 g/mol. The van der Waals surface area contributed by atoms with E-state index in [0.29, 0.717) is 5.56 Å². The molecule has 1 atom stereocenters. The highest BCUT2D eigenvalue weighted by Crippen LogP contribution is 2.29. The van der Waals surface area contributed by atoms with Crippen molar-refractivity contribution in [3.8, 4) is 0 Å². The molecule has 3 nitrogen and oxygen atoms in total. The van der Waals surface area contributed by atoms with Crippen LogP contribution in [0.3, 0.4) is 0 Å². The predicted molar refractivity (Wildman–Crippen MR) is 82.3 cm³/mol. The van der Waals surface area contributed by atoms with E-state index in [1.165, 1.54) is 6.07 Å². The molecule has 0 spiro atoms. The lowest BCUT2D eigenvalue weighted by Crippen LogP contribution is -2.22. The first-order valence-corrected chi connectivity index (χ1v) is 7.52. The smallest absolute Gasteiger partial charge is 0.126 e. The molecule has 0 bridgehead atoms. The summed E-state index contributed by atoms with van der Waals surface area (Å²) in [5.74, 6) is -0.176. The van der Waals surface area contributed by atoms with Crippen LogP contribution >= 0.6 is 15.9 Å². The summed E-state index contributed by atoms with van der Waals surface area (Å²) in [4.78, 5) is 0. The zero-order chi connectivity index (χ0) is 14.7. The van der Waals surface area contributed by atoms with Crippen molar-refractivity contribution in [1.82, 2.24) is 15.1 Å². The van der Waals surface area contributed by atoms with E-state index >= 15 is 0 Å². The molecule has 0 saturated carbocycles. The summed E-state index contributed by atoms with van der Waals surface area (Å²) < 4.78 is 16.4. The summed E-state index contributed by atoms with van der Waals surface area (Å²) >= 11 is 3.56. The molecule has 1 N–H and O–H groups in total. The van der Waals surface area contributed by atoms with E-state index < -0.39 is 0 Å². The number of benzene rings is 1. The molecule has 0 aliphatic heterocycles. The number of nitrogens with one attached hydrogen (secondary N) is 1. The zero-order valence-corrected chi connectivity index (χ0v) is 13.5. The number of aryl methyl sites for hydroxylation is 2. The van der Waals surface area contributed by atoms with E-state index in [0.717, 1.165) is 28.7 Å². The average Bonchev–Trinajstić information content (AvgIpc) is 2.77. The van der Waals surface area contributed by atoms with Gasteiger partial charge in [-0.25, -0.2) is 4.39 Å². The molecule has 5 heteroatoms. The van der Waals surface area contributed by atoms with E-state index in [1.54, 1.807) is 6.92 Å². The van der Waals surface area contributed by atoms with Crippen molar-refractivity contribution in [2.75, 3.05) is 7.05 Å². The summed E-state index contributed by atoms with van der Waals surface area (Å²) in [7, 11) is 1.90. The molecule has 1 aromatic heterocycles. The third-order valence-electron chi connectivity index (χ3n) is 3.35. The van der Waals surface area contributed by atoms with Crippen LogP contribution in [-0.4, -0.2) is 16.8 Å². The molecule has 0 aliphatic rings. The van der Waals surface area contributed by atoms with Gasteiger partial charge in [0, 0.05) is 6.54 Å². The van der Waals surface area contributed by atoms with Gasteiger partial charge in [-0.15, -0.1) is 0 Å². The van der Waals surface area contributed by atoms with Crippen LogP contribution in [0.5, 0.6) is 0 Å². The lowest BCUT2D eigenvalue weighted by atomic mass is 10.0. The molecular weight excluding hydrogens is 321 g/mol. The normalized spacial score (nSPS) is 12.7. The standard InChI is InChI=1S/C15H19BrFN3/c1-4-7-20-15(12(16)9-19-20)14(18-3)11-5-6-13(17)10(2)8-11/h5-6,8-9,14,18H,4,7H2,1-3H3. The molecule has 1 aromatic carbocycles. The molecule has 0 fully saturated rings. The Balaban J connectivity index is 2.46. The fourth-order valence-electron chi connectivity index (χ4n) is 2.36. The predicted octanol–water partition coefficient (Wildman–Crippen LogP) is 3.81. The van der Waals surface area contributed by atoms with E-state index in [1.807, 2.05) is 30.1 Å². The Hall–Kier alpha value is -1.20. The summed E-state index contributed by atoms with van der Waals surface area (Å²) in [6.07, 6.45) is 2.83. The minimum absolute atomic E-state index is 0.0160. The highest BCUT2D eigenvalue weighted by Gasteiger charge is 2.20. The SMILES string of the molecule is CCCn1ncc(Br)c1C(NC)c1ccc(F)c(C)c1. The highest BCUT2D eigenvalue weighted by molar-refractivity contribution is 9.10. The van der Waals surface area contributed by atoms with E-state index in [9.17, 15) is 4.39 Å². The van der Waals surface area contributed by atoms with Crippen LogP contribution in [0.1, 0.15) is 36.2 Å². The van der Waals surface area contributed by atoms with Crippen molar-refractivity contribution in [3.63, 3.8) is 0 Å². The van der Waals surface area contributed by atoms with Gasteiger partial charge >= 0.3 is 0 Å². The van der Waals surface area contributed by atoms with Crippen LogP contribution in [0.4, 0.5) is 4.39 Å². The van der Waals surface area contributed by atoms with Crippen LogP contribution in [0, 0.1) is 12.7 Å². The summed E-state index contributed by atoms with van der Waals surface area (Å²) in [5, 5.41) is 7.69. The summed E-state index contributed by atoms with van der Waals surface area (Å²) in [5.41, 5.74) is 2.76. The summed E-state index contributed by atoms with van der Waals surface area (Å²) in [6.45, 7) is 4.76. The molecule has 2 aromatic rings. The fourth-order valence-corrected chi connectivity index (χ4v) is 2.88. The van der Waals surface area contributed by atoms with Crippen molar-refractivity contribution in [1.29, 1.82) is 0 Å². The third kappa shape index (κ3) is 2.94. The second-order valence-electron chi connectivity index (χ2n) is 4.83. The lowest BCUT2D eigenvalue weighted by Gasteiger charge is -2.20. The topological polar surface area (TPSA) is 29.9 Å². The molecule has 20 heavy (non-hydrogen) atoms. The molecule has 0 aliphatic carbocycles.